The van der Waals surface area contributed by atoms with Crippen LogP contribution in [0, 0.1) is 0 Å². The minimum Gasteiger partial charge on any atom is -0.478 e. The van der Waals surface area contributed by atoms with Gasteiger partial charge in [-0.3, -0.25) is 0 Å². The number of carboxylic acids is 1. The average molecular weight is 273 g/mol. The molecule has 1 aromatic heterocycles. The molecule has 0 fully saturated rings. The summed E-state index contributed by atoms with van der Waals surface area (Å²) in [7, 11) is 0. The summed E-state index contributed by atoms with van der Waals surface area (Å²) in [5, 5.41) is 9.26. The largest absolute Gasteiger partial charge is 0.478 e. The maximum Gasteiger partial charge on any atom is 0.337 e. The van der Waals surface area contributed by atoms with Gasteiger partial charge in [-0.2, -0.15) is 0 Å². The van der Waals surface area contributed by atoms with Crippen LogP contribution in [0.5, 0.6) is 11.5 Å². The summed E-state index contributed by atoms with van der Waals surface area (Å²) in [4.78, 5) is 14.5. The first-order chi connectivity index (χ1) is 9.56. The third-order valence-electron chi connectivity index (χ3n) is 3.34. The second-order valence-electron chi connectivity index (χ2n) is 5.04. The van der Waals surface area contributed by atoms with Gasteiger partial charge in [0.15, 0.2) is 11.5 Å². The first kappa shape index (κ1) is 12.6. The number of hydrogen-bond donors (Lipinski definition) is 2. The Labute approximate surface area is 116 Å². The molecule has 1 aliphatic heterocycles. The van der Waals surface area contributed by atoms with Gasteiger partial charge >= 0.3 is 5.97 Å². The Morgan fingerprint density at radius 3 is 2.65 bits per heavy atom. The van der Waals surface area contributed by atoms with E-state index in [0.717, 1.165) is 17.0 Å². The van der Waals surface area contributed by atoms with Crippen LogP contribution in [0.4, 0.5) is 0 Å². The average Bonchev–Trinajstić information content (AvgIpc) is 3.04. The number of hydrogen-bond acceptors (Lipinski definition) is 3. The zero-order valence-corrected chi connectivity index (χ0v) is 11.3. The van der Waals surface area contributed by atoms with Crippen molar-refractivity contribution >= 4 is 5.97 Å². The van der Waals surface area contributed by atoms with Crippen LogP contribution in [0.2, 0.25) is 0 Å². The molecule has 0 saturated heterocycles. The highest BCUT2D eigenvalue weighted by molar-refractivity contribution is 5.91. The van der Waals surface area contributed by atoms with Crippen molar-refractivity contribution < 1.29 is 19.4 Å². The van der Waals surface area contributed by atoms with E-state index in [1.54, 1.807) is 6.07 Å². The number of rotatable bonds is 3. The molecule has 5 nitrogen and oxygen atoms in total. The van der Waals surface area contributed by atoms with Crippen molar-refractivity contribution in [1.29, 1.82) is 0 Å². The molecule has 5 heteroatoms. The Kier molecular flexibility index (Phi) is 2.89. The van der Waals surface area contributed by atoms with Crippen LogP contribution < -0.4 is 9.47 Å². The van der Waals surface area contributed by atoms with Crippen LogP contribution in [0.1, 0.15) is 35.8 Å². The van der Waals surface area contributed by atoms with Crippen molar-refractivity contribution in [2.45, 2.75) is 19.8 Å². The summed E-state index contributed by atoms with van der Waals surface area (Å²) >= 11 is 0. The number of H-pyrrole nitrogens is 1. The van der Waals surface area contributed by atoms with E-state index >= 15 is 0 Å². The molecule has 20 heavy (non-hydrogen) atoms. The number of fused-ring (bicyclic) bond motifs is 1. The minimum atomic E-state index is -0.919. The zero-order valence-electron chi connectivity index (χ0n) is 11.3. The van der Waals surface area contributed by atoms with Crippen LogP contribution in [-0.4, -0.2) is 22.9 Å². The van der Waals surface area contributed by atoms with Gasteiger partial charge in [0.05, 0.1) is 5.56 Å². The van der Waals surface area contributed by atoms with Crippen molar-refractivity contribution in [2.24, 2.45) is 0 Å². The highest BCUT2D eigenvalue weighted by atomic mass is 16.7. The molecule has 2 N–H and O–H groups in total. The fraction of sp³-hybridized carbons (Fsp3) is 0.267. The molecule has 0 atom stereocenters. The first-order valence-corrected chi connectivity index (χ1v) is 6.42. The third-order valence-corrected chi connectivity index (χ3v) is 3.34. The molecule has 0 unspecified atom stereocenters. The summed E-state index contributed by atoms with van der Waals surface area (Å²) in [6.45, 7) is 4.14. The van der Waals surface area contributed by atoms with E-state index in [1.165, 1.54) is 0 Å². The van der Waals surface area contributed by atoms with Crippen molar-refractivity contribution in [2.75, 3.05) is 6.79 Å². The van der Waals surface area contributed by atoms with Gasteiger partial charge in [-0.15, -0.1) is 0 Å². The molecule has 0 saturated carbocycles. The Morgan fingerprint density at radius 2 is 2.00 bits per heavy atom. The van der Waals surface area contributed by atoms with Gasteiger partial charge in [0.2, 0.25) is 6.79 Å². The van der Waals surface area contributed by atoms with E-state index in [-0.39, 0.29) is 12.7 Å². The molecule has 0 bridgehead atoms. The molecule has 0 radical (unpaired) electrons. The maximum atomic E-state index is 11.3. The van der Waals surface area contributed by atoms with Crippen LogP contribution in [0.15, 0.2) is 24.3 Å². The van der Waals surface area contributed by atoms with Crippen molar-refractivity contribution in [3.05, 3.63) is 35.5 Å². The van der Waals surface area contributed by atoms with Gasteiger partial charge in [-0.1, -0.05) is 13.8 Å². The van der Waals surface area contributed by atoms with E-state index in [0.29, 0.717) is 17.1 Å². The van der Waals surface area contributed by atoms with Crippen LogP contribution in [0.25, 0.3) is 11.3 Å². The molecule has 0 amide bonds. The van der Waals surface area contributed by atoms with Gasteiger partial charge in [0, 0.05) is 17.0 Å². The number of nitrogens with one attached hydrogen (secondary N) is 1. The van der Waals surface area contributed by atoms with Crippen LogP contribution >= 0.6 is 0 Å². The molecular formula is C15H15NO4. The van der Waals surface area contributed by atoms with Crippen molar-refractivity contribution in [3.63, 3.8) is 0 Å². The monoisotopic (exact) mass is 273 g/mol. The molecule has 1 aromatic carbocycles. The fourth-order valence-corrected chi connectivity index (χ4v) is 2.32. The normalized spacial score (nSPS) is 12.9. The van der Waals surface area contributed by atoms with E-state index in [9.17, 15) is 9.90 Å². The van der Waals surface area contributed by atoms with Crippen LogP contribution in [0.3, 0.4) is 0 Å². The standard InChI is InChI=1S/C15H15NO4/c1-8(2)14-10(15(17)18)6-11(16-14)9-3-4-12-13(5-9)20-7-19-12/h3-6,8,16H,7H2,1-2H3,(H,17,18). The lowest BCUT2D eigenvalue weighted by molar-refractivity contribution is 0.0695. The number of aromatic nitrogens is 1. The van der Waals surface area contributed by atoms with Gasteiger partial charge < -0.3 is 19.6 Å². The van der Waals surface area contributed by atoms with E-state index in [4.69, 9.17) is 9.47 Å². The quantitative estimate of drug-likeness (QED) is 0.900. The smallest absolute Gasteiger partial charge is 0.337 e. The summed E-state index contributed by atoms with van der Waals surface area (Å²) < 4.78 is 10.6. The molecule has 104 valence electrons. The van der Waals surface area contributed by atoms with Crippen molar-refractivity contribution in [3.8, 4) is 22.8 Å². The predicted octanol–water partition coefficient (Wildman–Crippen LogP) is 3.23. The Bertz CT molecular complexity index is 673. The molecule has 1 aliphatic rings. The second kappa shape index (κ2) is 4.59. The van der Waals surface area contributed by atoms with Gasteiger partial charge in [-0.05, 0) is 30.2 Å². The SMILES string of the molecule is CC(C)c1[nH]c(-c2ccc3c(c2)OCO3)cc1C(=O)O. The number of benzene rings is 1. The fourth-order valence-electron chi connectivity index (χ4n) is 2.32. The summed E-state index contributed by atoms with van der Waals surface area (Å²) in [6.07, 6.45) is 0. The third kappa shape index (κ3) is 2.01. The Morgan fingerprint density at radius 1 is 1.25 bits per heavy atom. The molecule has 2 aromatic rings. The highest BCUT2D eigenvalue weighted by Crippen LogP contribution is 2.36. The predicted molar refractivity (Wildman–Crippen MR) is 73.4 cm³/mol. The maximum absolute atomic E-state index is 11.3. The highest BCUT2D eigenvalue weighted by Gasteiger charge is 2.19. The summed E-state index contributed by atoms with van der Waals surface area (Å²) in [5.74, 6) is 0.587. The molecule has 2 heterocycles. The zero-order chi connectivity index (χ0) is 14.3. The van der Waals surface area contributed by atoms with Crippen molar-refractivity contribution in [1.82, 2.24) is 4.98 Å². The number of carbonyl (C=O) groups is 1. The summed E-state index contributed by atoms with van der Waals surface area (Å²) in [5.41, 5.74) is 2.69. The molecule has 3 rings (SSSR count). The van der Waals surface area contributed by atoms with E-state index in [2.05, 4.69) is 4.98 Å². The number of aromatic carboxylic acids is 1. The van der Waals surface area contributed by atoms with Crippen LogP contribution in [-0.2, 0) is 0 Å². The van der Waals surface area contributed by atoms with Gasteiger partial charge in [0.25, 0.3) is 0 Å². The molecular weight excluding hydrogens is 258 g/mol. The number of carboxylic acid groups (broad SMARTS) is 1. The number of ether oxygens (including phenoxy) is 2. The lowest BCUT2D eigenvalue weighted by Crippen LogP contribution is -2.01. The topological polar surface area (TPSA) is 71.5 Å². The van der Waals surface area contributed by atoms with E-state index < -0.39 is 5.97 Å². The number of aromatic amines is 1. The van der Waals surface area contributed by atoms with Gasteiger partial charge in [0.1, 0.15) is 0 Å². The lowest BCUT2D eigenvalue weighted by Gasteiger charge is -2.04. The van der Waals surface area contributed by atoms with E-state index in [1.807, 2.05) is 32.0 Å². The minimum absolute atomic E-state index is 0.115. The molecule has 0 aliphatic carbocycles. The Hall–Kier alpha value is -2.43. The first-order valence-electron chi connectivity index (χ1n) is 6.42. The summed E-state index contributed by atoms with van der Waals surface area (Å²) in [6, 6.07) is 7.22. The Balaban J connectivity index is 2.06. The second-order valence-corrected chi connectivity index (χ2v) is 5.04. The lowest BCUT2D eigenvalue weighted by atomic mass is 10.1. The van der Waals surface area contributed by atoms with Gasteiger partial charge in [-0.25, -0.2) is 4.79 Å². The molecule has 0 spiro atoms.